The van der Waals surface area contributed by atoms with Gasteiger partial charge < -0.3 is 10.3 Å². The molecule has 4 aromatic rings. The standard InChI is InChI=1S/C18H14FN3OS2/c19-12-3-4-14-13(8-12)11(9-21-14)5-6-20-17(23)16-10-22-18(25-16)15-2-1-7-24-15/h1-4,7-10,21H,5-6H2,(H,20,23). The van der Waals surface area contributed by atoms with Crippen LogP contribution in [0, 0.1) is 5.82 Å². The van der Waals surface area contributed by atoms with Crippen molar-refractivity contribution in [3.05, 3.63) is 64.4 Å². The first-order chi connectivity index (χ1) is 12.2. The van der Waals surface area contributed by atoms with Crippen LogP contribution in [-0.4, -0.2) is 22.4 Å². The zero-order valence-corrected chi connectivity index (χ0v) is 14.7. The van der Waals surface area contributed by atoms with Gasteiger partial charge in [0.15, 0.2) is 0 Å². The monoisotopic (exact) mass is 371 g/mol. The summed E-state index contributed by atoms with van der Waals surface area (Å²) in [7, 11) is 0. The number of benzene rings is 1. The third kappa shape index (κ3) is 3.33. The minimum absolute atomic E-state index is 0.133. The molecule has 3 aromatic heterocycles. The molecule has 2 N–H and O–H groups in total. The van der Waals surface area contributed by atoms with E-state index in [9.17, 15) is 9.18 Å². The Bertz CT molecular complexity index is 1020. The lowest BCUT2D eigenvalue weighted by Crippen LogP contribution is -2.24. The van der Waals surface area contributed by atoms with Crippen molar-refractivity contribution in [3.8, 4) is 9.88 Å². The number of hydrogen-bond donors (Lipinski definition) is 2. The van der Waals surface area contributed by atoms with Crippen LogP contribution in [0.15, 0.2) is 48.1 Å². The van der Waals surface area contributed by atoms with Crippen LogP contribution in [0.5, 0.6) is 0 Å². The molecular weight excluding hydrogens is 357 g/mol. The highest BCUT2D eigenvalue weighted by Gasteiger charge is 2.12. The molecule has 0 radical (unpaired) electrons. The largest absolute Gasteiger partial charge is 0.361 e. The van der Waals surface area contributed by atoms with E-state index < -0.39 is 0 Å². The number of halogens is 1. The summed E-state index contributed by atoms with van der Waals surface area (Å²) < 4.78 is 13.4. The molecule has 0 aliphatic carbocycles. The predicted octanol–water partition coefficient (Wildman–Crippen LogP) is 4.46. The molecule has 1 amide bonds. The molecule has 0 fully saturated rings. The lowest BCUT2D eigenvalue weighted by atomic mass is 10.1. The Morgan fingerprint density at radius 1 is 1.32 bits per heavy atom. The lowest BCUT2D eigenvalue weighted by Gasteiger charge is -2.03. The molecule has 7 heteroatoms. The van der Waals surface area contributed by atoms with Gasteiger partial charge in [-0.05, 0) is 41.6 Å². The number of aromatic amines is 1. The third-order valence-electron chi connectivity index (χ3n) is 3.87. The van der Waals surface area contributed by atoms with Crippen molar-refractivity contribution < 1.29 is 9.18 Å². The predicted molar refractivity (Wildman–Crippen MR) is 99.7 cm³/mol. The highest BCUT2D eigenvalue weighted by Crippen LogP contribution is 2.28. The number of nitrogens with one attached hydrogen (secondary N) is 2. The summed E-state index contributed by atoms with van der Waals surface area (Å²) in [5.74, 6) is -0.394. The van der Waals surface area contributed by atoms with Gasteiger partial charge in [0.05, 0.1) is 11.1 Å². The van der Waals surface area contributed by atoms with E-state index in [0.29, 0.717) is 17.8 Å². The van der Waals surface area contributed by atoms with E-state index in [1.807, 2.05) is 23.7 Å². The Morgan fingerprint density at radius 3 is 3.08 bits per heavy atom. The van der Waals surface area contributed by atoms with E-state index in [2.05, 4.69) is 15.3 Å². The van der Waals surface area contributed by atoms with Crippen molar-refractivity contribution >= 4 is 39.5 Å². The number of H-pyrrole nitrogens is 1. The first-order valence-electron chi connectivity index (χ1n) is 7.74. The van der Waals surface area contributed by atoms with Crippen LogP contribution in [0.1, 0.15) is 15.2 Å². The topological polar surface area (TPSA) is 57.8 Å². The van der Waals surface area contributed by atoms with Crippen LogP contribution >= 0.6 is 22.7 Å². The molecule has 0 aliphatic rings. The van der Waals surface area contributed by atoms with Crippen LogP contribution in [0.25, 0.3) is 20.8 Å². The number of thiazole rings is 1. The molecule has 0 aliphatic heterocycles. The second kappa shape index (κ2) is 6.78. The molecule has 0 bridgehead atoms. The molecular formula is C18H14FN3OS2. The Kier molecular flexibility index (Phi) is 4.33. The van der Waals surface area contributed by atoms with E-state index in [1.165, 1.54) is 23.5 Å². The number of carbonyl (C=O) groups is 1. The van der Waals surface area contributed by atoms with Crippen LogP contribution in [0.2, 0.25) is 0 Å². The minimum Gasteiger partial charge on any atom is -0.361 e. The number of hydrogen-bond acceptors (Lipinski definition) is 4. The molecule has 0 spiro atoms. The van der Waals surface area contributed by atoms with Crippen molar-refractivity contribution in [2.75, 3.05) is 6.54 Å². The molecule has 0 saturated heterocycles. The van der Waals surface area contributed by atoms with E-state index in [0.717, 1.165) is 26.4 Å². The third-order valence-corrected chi connectivity index (χ3v) is 5.91. The van der Waals surface area contributed by atoms with Crippen LogP contribution in [0.4, 0.5) is 4.39 Å². The number of amides is 1. The van der Waals surface area contributed by atoms with Gasteiger partial charge in [0.25, 0.3) is 5.91 Å². The van der Waals surface area contributed by atoms with Gasteiger partial charge in [-0.25, -0.2) is 9.37 Å². The molecule has 0 atom stereocenters. The molecule has 0 saturated carbocycles. The average molecular weight is 371 g/mol. The van der Waals surface area contributed by atoms with Crippen LogP contribution in [-0.2, 0) is 6.42 Å². The molecule has 126 valence electrons. The first kappa shape index (κ1) is 16.0. The summed E-state index contributed by atoms with van der Waals surface area (Å²) >= 11 is 2.98. The van der Waals surface area contributed by atoms with Gasteiger partial charge in [0.1, 0.15) is 15.7 Å². The van der Waals surface area contributed by atoms with Gasteiger partial charge in [-0.2, -0.15) is 0 Å². The summed E-state index contributed by atoms with van der Waals surface area (Å²) in [4.78, 5) is 21.3. The highest BCUT2D eigenvalue weighted by atomic mass is 32.1. The SMILES string of the molecule is O=C(NCCc1c[nH]c2ccc(F)cc12)c1cnc(-c2cccs2)s1. The number of thiophene rings is 1. The van der Waals surface area contributed by atoms with E-state index >= 15 is 0 Å². The van der Waals surface area contributed by atoms with Gasteiger partial charge in [-0.1, -0.05) is 6.07 Å². The fraction of sp³-hybridized carbons (Fsp3) is 0.111. The Hall–Kier alpha value is -2.51. The maximum atomic E-state index is 13.4. The van der Waals surface area contributed by atoms with Crippen molar-refractivity contribution in [1.82, 2.24) is 15.3 Å². The van der Waals surface area contributed by atoms with Gasteiger partial charge in [-0.3, -0.25) is 4.79 Å². The smallest absolute Gasteiger partial charge is 0.263 e. The van der Waals surface area contributed by atoms with Crippen molar-refractivity contribution in [1.29, 1.82) is 0 Å². The lowest BCUT2D eigenvalue weighted by molar-refractivity contribution is 0.0958. The van der Waals surface area contributed by atoms with Crippen LogP contribution < -0.4 is 5.32 Å². The number of aromatic nitrogens is 2. The Balaban J connectivity index is 1.39. The summed E-state index contributed by atoms with van der Waals surface area (Å²) in [5.41, 5.74) is 1.88. The van der Waals surface area contributed by atoms with E-state index in [1.54, 1.807) is 23.6 Å². The molecule has 4 nitrogen and oxygen atoms in total. The second-order valence-corrected chi connectivity index (χ2v) is 7.50. The van der Waals surface area contributed by atoms with Crippen LogP contribution in [0.3, 0.4) is 0 Å². The number of fused-ring (bicyclic) bond motifs is 1. The Labute approximate surface area is 151 Å². The first-order valence-corrected chi connectivity index (χ1v) is 9.44. The fourth-order valence-electron chi connectivity index (χ4n) is 2.65. The fourth-order valence-corrected chi connectivity index (χ4v) is 4.28. The van der Waals surface area contributed by atoms with Crippen molar-refractivity contribution in [2.45, 2.75) is 6.42 Å². The second-order valence-electron chi connectivity index (χ2n) is 5.52. The average Bonchev–Trinajstić information content (AvgIpc) is 3.35. The summed E-state index contributed by atoms with van der Waals surface area (Å²) in [5, 5.41) is 6.60. The number of nitrogens with zero attached hydrogens (tertiary/aromatic N) is 1. The normalized spacial score (nSPS) is 11.1. The molecule has 1 aromatic carbocycles. The van der Waals surface area contributed by atoms with Crippen molar-refractivity contribution in [3.63, 3.8) is 0 Å². The summed E-state index contributed by atoms with van der Waals surface area (Å²) in [6, 6.07) is 8.61. The minimum atomic E-state index is -0.261. The Morgan fingerprint density at radius 2 is 2.24 bits per heavy atom. The summed E-state index contributed by atoms with van der Waals surface area (Å²) in [6.07, 6.45) is 4.10. The molecule has 0 unspecified atom stereocenters. The zero-order valence-electron chi connectivity index (χ0n) is 13.1. The summed E-state index contributed by atoms with van der Waals surface area (Å²) in [6.45, 7) is 0.481. The maximum Gasteiger partial charge on any atom is 0.263 e. The van der Waals surface area contributed by atoms with E-state index in [4.69, 9.17) is 0 Å². The molecule has 25 heavy (non-hydrogen) atoms. The molecule has 3 heterocycles. The highest BCUT2D eigenvalue weighted by molar-refractivity contribution is 7.21. The molecule has 4 rings (SSSR count). The van der Waals surface area contributed by atoms with Gasteiger partial charge in [-0.15, -0.1) is 22.7 Å². The van der Waals surface area contributed by atoms with Gasteiger partial charge >= 0.3 is 0 Å². The zero-order chi connectivity index (χ0) is 17.2. The van der Waals surface area contributed by atoms with Crippen molar-refractivity contribution in [2.24, 2.45) is 0 Å². The van der Waals surface area contributed by atoms with E-state index in [-0.39, 0.29) is 11.7 Å². The quantitative estimate of drug-likeness (QED) is 0.544. The van der Waals surface area contributed by atoms with Gasteiger partial charge in [0, 0.05) is 23.6 Å². The van der Waals surface area contributed by atoms with Gasteiger partial charge in [0.2, 0.25) is 0 Å². The number of carbonyl (C=O) groups excluding carboxylic acids is 1. The number of rotatable bonds is 5. The maximum absolute atomic E-state index is 13.4.